The summed E-state index contributed by atoms with van der Waals surface area (Å²) in [6.07, 6.45) is 0.857. The van der Waals surface area contributed by atoms with Crippen molar-refractivity contribution < 1.29 is 14.7 Å². The number of benzene rings is 1. The van der Waals surface area contributed by atoms with Gasteiger partial charge in [-0.2, -0.15) is 0 Å². The molecular formula is C13H18N2O3. The molecule has 1 aromatic rings. The van der Waals surface area contributed by atoms with Gasteiger partial charge in [0.15, 0.2) is 6.10 Å². The van der Waals surface area contributed by atoms with E-state index < -0.39 is 12.0 Å². The molecule has 1 unspecified atom stereocenters. The molecule has 1 atom stereocenters. The normalized spacial score (nSPS) is 13.1. The highest BCUT2D eigenvalue weighted by Gasteiger charge is 2.09. The Balaban J connectivity index is 2.55. The number of nitrogens with zero attached hydrogens (tertiary/aromatic N) is 1. The number of carbonyl (C=O) groups excluding carboxylic acids is 1. The van der Waals surface area contributed by atoms with Crippen LogP contribution < -0.4 is 10.5 Å². The monoisotopic (exact) mass is 250 g/mol. The average molecular weight is 250 g/mol. The predicted octanol–water partition coefficient (Wildman–Crippen LogP) is 1.72. The van der Waals surface area contributed by atoms with Crippen LogP contribution in [0, 0.1) is 0 Å². The summed E-state index contributed by atoms with van der Waals surface area (Å²) in [4.78, 5) is 10.8. The number of rotatable bonds is 6. The van der Waals surface area contributed by atoms with E-state index in [0.29, 0.717) is 17.9 Å². The third-order valence-electron chi connectivity index (χ3n) is 2.58. The van der Waals surface area contributed by atoms with Crippen LogP contribution in [0.1, 0.15) is 25.8 Å². The molecule has 1 aromatic carbocycles. The van der Waals surface area contributed by atoms with Gasteiger partial charge in [0.05, 0.1) is 5.71 Å². The van der Waals surface area contributed by atoms with Crippen molar-refractivity contribution >= 4 is 11.6 Å². The van der Waals surface area contributed by atoms with Crippen molar-refractivity contribution in [2.45, 2.75) is 32.8 Å². The highest BCUT2D eigenvalue weighted by molar-refractivity contribution is 5.81. The van der Waals surface area contributed by atoms with Crippen LogP contribution in [-0.4, -0.2) is 22.9 Å². The first kappa shape index (κ1) is 14.0. The van der Waals surface area contributed by atoms with Gasteiger partial charge < -0.3 is 15.7 Å². The first-order valence-corrected chi connectivity index (χ1v) is 5.75. The molecule has 3 N–H and O–H groups in total. The van der Waals surface area contributed by atoms with Crippen LogP contribution in [0.2, 0.25) is 0 Å². The fraction of sp³-hybridized carbons (Fsp3) is 0.385. The lowest BCUT2D eigenvalue weighted by Crippen LogP contribution is -2.30. The van der Waals surface area contributed by atoms with E-state index in [1.807, 2.05) is 12.1 Å². The Morgan fingerprint density at radius 1 is 1.44 bits per heavy atom. The van der Waals surface area contributed by atoms with Crippen LogP contribution in [-0.2, 0) is 11.2 Å². The first-order valence-electron chi connectivity index (χ1n) is 5.75. The van der Waals surface area contributed by atoms with E-state index in [9.17, 15) is 4.79 Å². The maximum absolute atomic E-state index is 10.8. The van der Waals surface area contributed by atoms with E-state index in [0.717, 1.165) is 12.0 Å². The second-order valence-corrected chi connectivity index (χ2v) is 4.14. The van der Waals surface area contributed by atoms with E-state index >= 15 is 0 Å². The minimum Gasteiger partial charge on any atom is -0.481 e. The van der Waals surface area contributed by atoms with Gasteiger partial charge >= 0.3 is 0 Å². The number of amides is 1. The maximum Gasteiger partial charge on any atom is 0.258 e. The minimum atomic E-state index is -0.639. The molecule has 1 amide bonds. The lowest BCUT2D eigenvalue weighted by molar-refractivity contribution is -0.123. The second kappa shape index (κ2) is 6.64. The third-order valence-corrected chi connectivity index (χ3v) is 2.58. The Morgan fingerprint density at radius 2 is 2.06 bits per heavy atom. The third kappa shape index (κ3) is 4.45. The number of carbonyl (C=O) groups is 1. The molecule has 0 bridgehead atoms. The van der Waals surface area contributed by atoms with Crippen LogP contribution in [0.4, 0.5) is 0 Å². The topological polar surface area (TPSA) is 84.9 Å². The number of primary amides is 1. The Morgan fingerprint density at radius 3 is 2.56 bits per heavy atom. The van der Waals surface area contributed by atoms with Crippen molar-refractivity contribution in [2.24, 2.45) is 10.9 Å². The quantitative estimate of drug-likeness (QED) is 0.458. The number of nitrogens with two attached hydrogens (primary N) is 1. The zero-order chi connectivity index (χ0) is 13.5. The first-order chi connectivity index (χ1) is 8.52. The summed E-state index contributed by atoms with van der Waals surface area (Å²) in [5.41, 5.74) is 6.91. The Hall–Kier alpha value is -2.04. The van der Waals surface area contributed by atoms with Crippen LogP contribution in [0.5, 0.6) is 5.75 Å². The molecule has 0 fully saturated rings. The molecule has 1 rings (SSSR count). The van der Waals surface area contributed by atoms with Crippen molar-refractivity contribution in [3.05, 3.63) is 29.8 Å². The van der Waals surface area contributed by atoms with Crippen molar-refractivity contribution in [3.63, 3.8) is 0 Å². The van der Waals surface area contributed by atoms with E-state index in [-0.39, 0.29) is 0 Å². The van der Waals surface area contributed by atoms with Gasteiger partial charge in [-0.25, -0.2) is 0 Å². The predicted molar refractivity (Wildman–Crippen MR) is 68.9 cm³/mol. The van der Waals surface area contributed by atoms with Crippen LogP contribution in [0.3, 0.4) is 0 Å². The van der Waals surface area contributed by atoms with Crippen LogP contribution >= 0.6 is 0 Å². The van der Waals surface area contributed by atoms with E-state index in [1.165, 1.54) is 0 Å². The van der Waals surface area contributed by atoms with E-state index in [2.05, 4.69) is 5.16 Å². The summed E-state index contributed by atoms with van der Waals surface area (Å²) in [6.45, 7) is 3.38. The van der Waals surface area contributed by atoms with Gasteiger partial charge in [-0.15, -0.1) is 0 Å². The Bertz CT molecular complexity index is 426. The van der Waals surface area contributed by atoms with Gasteiger partial charge in [0.2, 0.25) is 0 Å². The molecule has 0 radical (unpaired) electrons. The zero-order valence-corrected chi connectivity index (χ0v) is 10.6. The fourth-order valence-corrected chi connectivity index (χ4v) is 1.37. The lowest BCUT2D eigenvalue weighted by atomic mass is 10.1. The molecule has 0 heterocycles. The van der Waals surface area contributed by atoms with Crippen molar-refractivity contribution in [1.82, 2.24) is 0 Å². The van der Waals surface area contributed by atoms with Gasteiger partial charge in [-0.3, -0.25) is 4.79 Å². The molecule has 0 aliphatic carbocycles. The van der Waals surface area contributed by atoms with Crippen molar-refractivity contribution in [2.75, 3.05) is 0 Å². The maximum atomic E-state index is 10.8. The Kier molecular flexibility index (Phi) is 5.17. The molecule has 5 nitrogen and oxygen atoms in total. The summed E-state index contributed by atoms with van der Waals surface area (Å²) in [5.74, 6) is 0.117. The molecule has 5 heteroatoms. The minimum absolute atomic E-state index is 0.492. The zero-order valence-electron chi connectivity index (χ0n) is 10.6. The number of hydrogen-bond donors (Lipinski definition) is 2. The van der Waals surface area contributed by atoms with Crippen molar-refractivity contribution in [1.29, 1.82) is 0 Å². The standard InChI is InChI=1S/C13H18N2O3/c1-9(15-17)3-4-11-5-7-12(8-6-11)18-10(2)13(14)16/h5-8,10,17H,3-4H2,1-2H3,(H2,14,16)/b15-9+. The smallest absolute Gasteiger partial charge is 0.258 e. The SMILES string of the molecule is C/C(CCc1ccc(OC(C)C(N)=O)cc1)=N\O. The average Bonchev–Trinajstić information content (AvgIpc) is 2.37. The molecule has 98 valence electrons. The molecule has 0 saturated carbocycles. The number of hydrogen-bond acceptors (Lipinski definition) is 4. The van der Waals surface area contributed by atoms with E-state index in [4.69, 9.17) is 15.7 Å². The molecule has 0 aliphatic rings. The summed E-state index contributed by atoms with van der Waals surface area (Å²) in [5, 5.41) is 11.7. The van der Waals surface area contributed by atoms with Crippen molar-refractivity contribution in [3.8, 4) is 5.75 Å². The summed E-state index contributed by atoms with van der Waals surface area (Å²) >= 11 is 0. The molecular weight excluding hydrogens is 232 g/mol. The number of aryl methyl sites for hydroxylation is 1. The van der Waals surface area contributed by atoms with E-state index in [1.54, 1.807) is 26.0 Å². The highest BCUT2D eigenvalue weighted by atomic mass is 16.5. The van der Waals surface area contributed by atoms with Gasteiger partial charge in [0.1, 0.15) is 5.75 Å². The number of ether oxygens (including phenoxy) is 1. The summed E-state index contributed by atoms with van der Waals surface area (Å²) in [6, 6.07) is 7.40. The Labute approximate surface area is 106 Å². The lowest BCUT2D eigenvalue weighted by Gasteiger charge is -2.11. The fourth-order valence-electron chi connectivity index (χ4n) is 1.37. The molecule has 18 heavy (non-hydrogen) atoms. The van der Waals surface area contributed by atoms with Gasteiger partial charge in [0, 0.05) is 0 Å². The summed E-state index contributed by atoms with van der Waals surface area (Å²) in [7, 11) is 0. The molecule has 0 spiro atoms. The molecule has 0 aromatic heterocycles. The van der Waals surface area contributed by atoms with Gasteiger partial charge in [0.25, 0.3) is 5.91 Å². The van der Waals surface area contributed by atoms with Gasteiger partial charge in [-0.05, 0) is 44.4 Å². The molecule has 0 saturated heterocycles. The largest absolute Gasteiger partial charge is 0.481 e. The molecule has 0 aliphatic heterocycles. The van der Waals surface area contributed by atoms with Crippen LogP contribution in [0.25, 0.3) is 0 Å². The van der Waals surface area contributed by atoms with Crippen LogP contribution in [0.15, 0.2) is 29.4 Å². The summed E-state index contributed by atoms with van der Waals surface area (Å²) < 4.78 is 5.34. The number of oxime groups is 1. The van der Waals surface area contributed by atoms with Gasteiger partial charge in [-0.1, -0.05) is 17.3 Å². The highest BCUT2D eigenvalue weighted by Crippen LogP contribution is 2.15. The second-order valence-electron chi connectivity index (χ2n) is 4.14.